The van der Waals surface area contributed by atoms with Gasteiger partial charge in [0.1, 0.15) is 0 Å². The van der Waals surface area contributed by atoms with Gasteiger partial charge in [-0.2, -0.15) is 0 Å². The predicted molar refractivity (Wildman–Crippen MR) is 52.9 cm³/mol. The summed E-state index contributed by atoms with van der Waals surface area (Å²) in [7, 11) is 0. The van der Waals surface area contributed by atoms with Gasteiger partial charge in [0.2, 0.25) is 0 Å². The second-order valence-electron chi connectivity index (χ2n) is 3.60. The second kappa shape index (κ2) is 3.34. The summed E-state index contributed by atoms with van der Waals surface area (Å²) in [4.78, 5) is 14.7. The number of carboxylic acid groups (broad SMARTS) is 1. The number of hydrogen-bond acceptors (Lipinski definition) is 4. The second-order valence-corrected chi connectivity index (χ2v) is 3.60. The maximum atomic E-state index is 10.8. The SMILES string of the molecule is CC(C)c1noc2ncc(C(=O)O)cc12. The maximum Gasteiger partial charge on any atom is 0.337 e. The molecule has 15 heavy (non-hydrogen) atoms. The normalized spacial score (nSPS) is 11.1. The summed E-state index contributed by atoms with van der Waals surface area (Å²) in [5.41, 5.74) is 1.26. The fourth-order valence-electron chi connectivity index (χ4n) is 1.38. The molecular weight excluding hydrogens is 196 g/mol. The van der Waals surface area contributed by atoms with Gasteiger partial charge in [-0.3, -0.25) is 0 Å². The molecule has 0 aliphatic rings. The van der Waals surface area contributed by atoms with Crippen LogP contribution in [0.4, 0.5) is 0 Å². The summed E-state index contributed by atoms with van der Waals surface area (Å²) in [6.45, 7) is 3.93. The monoisotopic (exact) mass is 206 g/mol. The lowest BCUT2D eigenvalue weighted by Crippen LogP contribution is -1.97. The highest BCUT2D eigenvalue weighted by Crippen LogP contribution is 2.23. The highest BCUT2D eigenvalue weighted by atomic mass is 16.5. The van der Waals surface area contributed by atoms with Crippen molar-refractivity contribution in [2.75, 3.05) is 0 Å². The summed E-state index contributed by atoms with van der Waals surface area (Å²) in [6.07, 6.45) is 1.26. The van der Waals surface area contributed by atoms with Crippen LogP contribution in [-0.4, -0.2) is 21.2 Å². The van der Waals surface area contributed by atoms with Crippen LogP contribution >= 0.6 is 0 Å². The number of pyridine rings is 1. The number of nitrogens with zero attached hydrogens (tertiary/aromatic N) is 2. The van der Waals surface area contributed by atoms with E-state index in [1.54, 1.807) is 0 Å². The first-order chi connectivity index (χ1) is 7.09. The zero-order valence-corrected chi connectivity index (χ0v) is 8.39. The molecule has 0 aliphatic heterocycles. The minimum absolute atomic E-state index is 0.146. The average molecular weight is 206 g/mol. The number of carboxylic acids is 1. The van der Waals surface area contributed by atoms with Gasteiger partial charge in [0.05, 0.1) is 16.6 Å². The molecule has 0 saturated heterocycles. The highest BCUT2D eigenvalue weighted by Gasteiger charge is 2.14. The van der Waals surface area contributed by atoms with Gasteiger partial charge in [0, 0.05) is 6.20 Å². The molecule has 2 rings (SSSR count). The van der Waals surface area contributed by atoms with E-state index in [1.165, 1.54) is 12.3 Å². The minimum Gasteiger partial charge on any atom is -0.478 e. The van der Waals surface area contributed by atoms with Crippen LogP contribution in [0.2, 0.25) is 0 Å². The van der Waals surface area contributed by atoms with Crippen LogP contribution in [0.1, 0.15) is 35.8 Å². The Kier molecular flexibility index (Phi) is 2.15. The molecule has 2 aromatic heterocycles. The molecule has 0 unspecified atom stereocenters. The molecule has 5 nitrogen and oxygen atoms in total. The molecule has 1 N–H and O–H groups in total. The Morgan fingerprint density at radius 3 is 2.87 bits per heavy atom. The lowest BCUT2D eigenvalue weighted by Gasteiger charge is -1.98. The Hall–Kier alpha value is -1.91. The Bertz CT molecular complexity index is 516. The van der Waals surface area contributed by atoms with Crippen LogP contribution in [0.15, 0.2) is 16.8 Å². The van der Waals surface area contributed by atoms with Crippen LogP contribution in [0.5, 0.6) is 0 Å². The number of carbonyl (C=O) groups is 1. The van der Waals surface area contributed by atoms with Gasteiger partial charge < -0.3 is 9.63 Å². The van der Waals surface area contributed by atoms with Crippen molar-refractivity contribution in [3.63, 3.8) is 0 Å². The fraction of sp³-hybridized carbons (Fsp3) is 0.300. The standard InChI is InChI=1S/C10H10N2O3/c1-5(2)8-7-3-6(10(13)14)4-11-9(7)15-12-8/h3-5H,1-2H3,(H,13,14). The zero-order valence-electron chi connectivity index (χ0n) is 8.39. The van der Waals surface area contributed by atoms with Crippen molar-refractivity contribution >= 4 is 17.1 Å². The molecule has 78 valence electrons. The lowest BCUT2D eigenvalue weighted by atomic mass is 10.1. The van der Waals surface area contributed by atoms with E-state index in [9.17, 15) is 4.79 Å². The number of fused-ring (bicyclic) bond motifs is 1. The Morgan fingerprint density at radius 1 is 1.53 bits per heavy atom. The molecule has 0 bridgehead atoms. The van der Waals surface area contributed by atoms with E-state index in [2.05, 4.69) is 10.1 Å². The Morgan fingerprint density at radius 2 is 2.27 bits per heavy atom. The molecule has 0 radical (unpaired) electrons. The van der Waals surface area contributed by atoms with Crippen LogP contribution in [-0.2, 0) is 0 Å². The van der Waals surface area contributed by atoms with Gasteiger partial charge in [-0.15, -0.1) is 0 Å². The largest absolute Gasteiger partial charge is 0.478 e. The zero-order chi connectivity index (χ0) is 11.0. The van der Waals surface area contributed by atoms with Gasteiger partial charge in [-0.25, -0.2) is 9.78 Å². The Labute approximate surface area is 85.7 Å². The molecule has 5 heteroatoms. The third-order valence-electron chi connectivity index (χ3n) is 2.15. The number of aromatic nitrogens is 2. The van der Waals surface area contributed by atoms with E-state index in [4.69, 9.17) is 9.63 Å². The summed E-state index contributed by atoms with van der Waals surface area (Å²) < 4.78 is 4.99. The maximum absolute atomic E-state index is 10.8. The number of rotatable bonds is 2. The molecule has 0 fully saturated rings. The van der Waals surface area contributed by atoms with Crippen molar-refractivity contribution in [1.82, 2.24) is 10.1 Å². The van der Waals surface area contributed by atoms with Crippen LogP contribution in [0.25, 0.3) is 11.1 Å². The molecule has 0 amide bonds. The fourth-order valence-corrected chi connectivity index (χ4v) is 1.38. The molecule has 0 aromatic carbocycles. The third kappa shape index (κ3) is 1.56. The molecule has 0 saturated carbocycles. The first kappa shape index (κ1) is 9.64. The van der Waals surface area contributed by atoms with Gasteiger partial charge in [0.25, 0.3) is 5.71 Å². The van der Waals surface area contributed by atoms with Crippen LogP contribution < -0.4 is 0 Å². The van der Waals surface area contributed by atoms with E-state index in [0.29, 0.717) is 11.1 Å². The van der Waals surface area contributed by atoms with Gasteiger partial charge in [0.15, 0.2) is 0 Å². The molecular formula is C10H10N2O3. The van der Waals surface area contributed by atoms with Crippen molar-refractivity contribution in [3.8, 4) is 0 Å². The molecule has 0 aliphatic carbocycles. The minimum atomic E-state index is -1.000. The average Bonchev–Trinajstić information content (AvgIpc) is 2.59. The van der Waals surface area contributed by atoms with Crippen molar-refractivity contribution in [2.24, 2.45) is 0 Å². The van der Waals surface area contributed by atoms with E-state index < -0.39 is 5.97 Å². The molecule has 2 heterocycles. The van der Waals surface area contributed by atoms with Crippen molar-refractivity contribution in [3.05, 3.63) is 23.5 Å². The van der Waals surface area contributed by atoms with Crippen molar-refractivity contribution in [1.29, 1.82) is 0 Å². The molecule has 0 atom stereocenters. The van der Waals surface area contributed by atoms with Crippen LogP contribution in [0, 0.1) is 0 Å². The first-order valence-electron chi connectivity index (χ1n) is 4.58. The Balaban J connectivity index is 2.66. The van der Waals surface area contributed by atoms with Gasteiger partial charge in [-0.05, 0) is 12.0 Å². The van der Waals surface area contributed by atoms with E-state index in [1.807, 2.05) is 13.8 Å². The summed E-state index contributed by atoms with van der Waals surface area (Å²) in [5.74, 6) is -0.822. The first-order valence-corrected chi connectivity index (χ1v) is 4.58. The number of hydrogen-bond donors (Lipinski definition) is 1. The highest BCUT2D eigenvalue weighted by molar-refractivity contribution is 5.91. The van der Waals surface area contributed by atoms with Crippen molar-refractivity contribution in [2.45, 2.75) is 19.8 Å². The number of aromatic carboxylic acids is 1. The van der Waals surface area contributed by atoms with E-state index >= 15 is 0 Å². The van der Waals surface area contributed by atoms with Crippen molar-refractivity contribution < 1.29 is 14.4 Å². The quantitative estimate of drug-likeness (QED) is 0.813. The van der Waals surface area contributed by atoms with E-state index in [-0.39, 0.29) is 11.5 Å². The summed E-state index contributed by atoms with van der Waals surface area (Å²) >= 11 is 0. The smallest absolute Gasteiger partial charge is 0.337 e. The summed E-state index contributed by atoms with van der Waals surface area (Å²) in [5, 5.41) is 13.4. The molecule has 2 aromatic rings. The predicted octanol–water partition coefficient (Wildman–Crippen LogP) is 2.04. The topological polar surface area (TPSA) is 76.2 Å². The third-order valence-corrected chi connectivity index (χ3v) is 2.15. The lowest BCUT2D eigenvalue weighted by molar-refractivity contribution is 0.0696. The van der Waals surface area contributed by atoms with Gasteiger partial charge in [-0.1, -0.05) is 19.0 Å². The van der Waals surface area contributed by atoms with Crippen LogP contribution in [0.3, 0.4) is 0 Å². The molecule has 0 spiro atoms. The summed E-state index contributed by atoms with van der Waals surface area (Å²) in [6, 6.07) is 1.54. The van der Waals surface area contributed by atoms with Gasteiger partial charge >= 0.3 is 5.97 Å². The van der Waals surface area contributed by atoms with E-state index in [0.717, 1.165) is 5.69 Å².